The first-order valence-corrected chi connectivity index (χ1v) is 8.52. The molecule has 1 unspecified atom stereocenters. The van der Waals surface area contributed by atoms with Crippen molar-refractivity contribution in [1.82, 2.24) is 10.3 Å². The van der Waals surface area contributed by atoms with Crippen LogP contribution in [0.5, 0.6) is 0 Å². The van der Waals surface area contributed by atoms with E-state index in [9.17, 15) is 5.26 Å². The van der Waals surface area contributed by atoms with E-state index >= 15 is 0 Å². The van der Waals surface area contributed by atoms with Crippen molar-refractivity contribution in [2.75, 3.05) is 16.8 Å². The number of fused-ring (bicyclic) bond motifs is 2. The molecule has 8 nitrogen and oxygen atoms in total. The molecule has 8 heteroatoms. The third kappa shape index (κ3) is 2.52. The van der Waals surface area contributed by atoms with Gasteiger partial charge in [0.25, 0.3) is 0 Å². The third-order valence-corrected chi connectivity index (χ3v) is 4.82. The zero-order chi connectivity index (χ0) is 19.8. The Hall–Kier alpha value is -4.30. The zero-order valence-corrected chi connectivity index (χ0v) is 15.0. The highest BCUT2D eigenvalue weighted by molar-refractivity contribution is 5.99. The molecule has 2 aromatic carbocycles. The number of anilines is 3. The molecule has 1 aliphatic heterocycles. The van der Waals surface area contributed by atoms with Gasteiger partial charge in [0, 0.05) is 5.56 Å². The number of aryl methyl sites for hydroxylation is 1. The number of benzene rings is 2. The van der Waals surface area contributed by atoms with Crippen molar-refractivity contribution < 1.29 is 0 Å². The Bertz CT molecular complexity index is 1230. The smallest absolute Gasteiger partial charge is 0.211 e. The fourth-order valence-electron chi connectivity index (χ4n) is 3.56. The van der Waals surface area contributed by atoms with E-state index in [2.05, 4.69) is 20.6 Å². The van der Waals surface area contributed by atoms with E-state index in [0.29, 0.717) is 11.4 Å². The minimum absolute atomic E-state index is 0.0258. The maximum Gasteiger partial charge on any atom is 0.211 e. The molecule has 2 heterocycles. The molecule has 0 spiro atoms. The van der Waals surface area contributed by atoms with Crippen LogP contribution in [0.3, 0.4) is 0 Å². The highest BCUT2D eigenvalue weighted by Crippen LogP contribution is 2.43. The van der Waals surface area contributed by atoms with Crippen LogP contribution in [-0.2, 0) is 0 Å². The number of hydrogen-bond acceptors (Lipinski definition) is 8. The van der Waals surface area contributed by atoms with E-state index in [4.69, 9.17) is 16.7 Å². The van der Waals surface area contributed by atoms with Crippen LogP contribution < -0.4 is 22.1 Å². The van der Waals surface area contributed by atoms with Crippen LogP contribution in [0.25, 0.3) is 10.8 Å². The van der Waals surface area contributed by atoms with Gasteiger partial charge in [-0.25, -0.2) is 9.98 Å². The summed E-state index contributed by atoms with van der Waals surface area (Å²) >= 11 is 0. The number of rotatable bonds is 1. The van der Waals surface area contributed by atoms with Crippen molar-refractivity contribution in [3.63, 3.8) is 0 Å². The minimum Gasteiger partial charge on any atom is -0.397 e. The topological polar surface area (TPSA) is 149 Å². The van der Waals surface area contributed by atoms with Crippen molar-refractivity contribution in [3.05, 3.63) is 58.7 Å². The van der Waals surface area contributed by atoms with Crippen LogP contribution in [0.4, 0.5) is 17.3 Å². The lowest BCUT2D eigenvalue weighted by molar-refractivity contribution is 0.847. The molecule has 0 fully saturated rings. The third-order valence-electron chi connectivity index (χ3n) is 4.82. The van der Waals surface area contributed by atoms with Gasteiger partial charge in [0.2, 0.25) is 5.96 Å². The standard InChI is InChI=1S/C20H16N8/c1-10-6-7-11-4-2-3-5-12(11)14(10)17-15-16(23)13(8-21)18(24)27-19(15)28-20(26-17)25-9-22/h2-7,17H,1H3,(H6,23,24,25,26,27,28). The molecule has 4 rings (SSSR count). The summed E-state index contributed by atoms with van der Waals surface area (Å²) in [6.07, 6.45) is 1.86. The Balaban J connectivity index is 2.07. The molecule has 0 aliphatic carbocycles. The van der Waals surface area contributed by atoms with E-state index in [-0.39, 0.29) is 23.0 Å². The van der Waals surface area contributed by atoms with Crippen molar-refractivity contribution in [3.8, 4) is 12.3 Å². The number of nitrogens with one attached hydrogen (secondary N) is 2. The lowest BCUT2D eigenvalue weighted by atomic mass is 9.88. The number of nitrogens with two attached hydrogens (primary N) is 2. The molecule has 1 aliphatic rings. The highest BCUT2D eigenvalue weighted by Gasteiger charge is 2.31. The van der Waals surface area contributed by atoms with E-state index < -0.39 is 6.04 Å². The Morgan fingerprint density at radius 1 is 1.11 bits per heavy atom. The van der Waals surface area contributed by atoms with Crippen molar-refractivity contribution in [1.29, 1.82) is 10.5 Å². The molecule has 0 saturated heterocycles. The number of aromatic nitrogens is 1. The summed E-state index contributed by atoms with van der Waals surface area (Å²) in [5, 5.41) is 26.0. The van der Waals surface area contributed by atoms with Gasteiger partial charge in [-0.05, 0) is 28.8 Å². The van der Waals surface area contributed by atoms with Crippen LogP contribution in [0.2, 0.25) is 0 Å². The fourth-order valence-corrected chi connectivity index (χ4v) is 3.56. The summed E-state index contributed by atoms with van der Waals surface area (Å²) in [6, 6.07) is 13.5. The number of nitriles is 2. The molecule has 0 saturated carbocycles. The van der Waals surface area contributed by atoms with Crippen molar-refractivity contribution in [2.24, 2.45) is 4.99 Å². The summed E-state index contributed by atoms with van der Waals surface area (Å²) < 4.78 is 0. The molecule has 6 N–H and O–H groups in total. The molecular weight excluding hydrogens is 352 g/mol. The second-order valence-electron chi connectivity index (χ2n) is 6.42. The number of aliphatic imine (C=N–C) groups is 1. The van der Waals surface area contributed by atoms with Crippen LogP contribution >= 0.6 is 0 Å². The predicted octanol–water partition coefficient (Wildman–Crippen LogP) is 2.52. The first-order chi connectivity index (χ1) is 13.5. The summed E-state index contributed by atoms with van der Waals surface area (Å²) in [6.45, 7) is 1.99. The zero-order valence-electron chi connectivity index (χ0n) is 15.0. The van der Waals surface area contributed by atoms with Gasteiger partial charge in [-0.3, -0.25) is 5.32 Å². The molecule has 1 aromatic heterocycles. The number of nitrogens with zero attached hydrogens (tertiary/aromatic N) is 4. The number of hydrogen-bond donors (Lipinski definition) is 4. The van der Waals surface area contributed by atoms with E-state index in [1.54, 1.807) is 0 Å². The lowest BCUT2D eigenvalue weighted by Gasteiger charge is -2.28. The molecule has 136 valence electrons. The average molecular weight is 368 g/mol. The molecule has 0 radical (unpaired) electrons. The normalized spacial score (nSPS) is 15.0. The highest BCUT2D eigenvalue weighted by atomic mass is 15.2. The SMILES string of the molecule is Cc1ccc2ccccc2c1C1N=C(NC#N)Nc2nc(N)c(C#N)c(N)c21. The van der Waals surface area contributed by atoms with E-state index in [1.807, 2.05) is 55.6 Å². The minimum atomic E-state index is -0.557. The number of nitrogen functional groups attached to an aromatic ring is 2. The monoisotopic (exact) mass is 368 g/mol. The second kappa shape index (κ2) is 6.45. The first-order valence-electron chi connectivity index (χ1n) is 8.52. The van der Waals surface area contributed by atoms with Crippen molar-refractivity contribution in [2.45, 2.75) is 13.0 Å². The lowest BCUT2D eigenvalue weighted by Crippen LogP contribution is -2.33. The molecule has 0 bridgehead atoms. The molecule has 1 atom stereocenters. The van der Waals surface area contributed by atoms with Gasteiger partial charge in [0.1, 0.15) is 29.3 Å². The summed E-state index contributed by atoms with van der Waals surface area (Å²) in [4.78, 5) is 8.96. The maximum absolute atomic E-state index is 9.46. The van der Waals surface area contributed by atoms with Crippen LogP contribution in [0, 0.1) is 29.7 Å². The van der Waals surface area contributed by atoms with Crippen LogP contribution in [0.15, 0.2) is 41.4 Å². The summed E-state index contributed by atoms with van der Waals surface area (Å²) in [7, 11) is 0. The Labute approximate surface area is 161 Å². The van der Waals surface area contributed by atoms with Gasteiger partial charge in [-0.2, -0.15) is 10.5 Å². The first kappa shape index (κ1) is 17.1. The molecule has 28 heavy (non-hydrogen) atoms. The predicted molar refractivity (Wildman–Crippen MR) is 108 cm³/mol. The Kier molecular flexibility index (Phi) is 3.95. The van der Waals surface area contributed by atoms with Crippen molar-refractivity contribution >= 4 is 34.1 Å². The van der Waals surface area contributed by atoms with Gasteiger partial charge in [0.15, 0.2) is 6.19 Å². The largest absolute Gasteiger partial charge is 0.397 e. The van der Waals surface area contributed by atoms with Gasteiger partial charge in [-0.1, -0.05) is 36.4 Å². The maximum atomic E-state index is 9.46. The molecule has 3 aromatic rings. The fraction of sp³-hybridized carbons (Fsp3) is 0.100. The second-order valence-corrected chi connectivity index (χ2v) is 6.42. The average Bonchev–Trinajstić information content (AvgIpc) is 2.67. The number of guanidine groups is 1. The Morgan fingerprint density at radius 2 is 1.89 bits per heavy atom. The van der Waals surface area contributed by atoms with Crippen LogP contribution in [0.1, 0.15) is 28.3 Å². The van der Waals surface area contributed by atoms with Gasteiger partial charge in [-0.15, -0.1) is 0 Å². The summed E-state index contributed by atoms with van der Waals surface area (Å²) in [5.41, 5.74) is 15.1. The molecule has 0 amide bonds. The van der Waals surface area contributed by atoms with Gasteiger partial charge >= 0.3 is 0 Å². The Morgan fingerprint density at radius 3 is 2.64 bits per heavy atom. The van der Waals surface area contributed by atoms with E-state index in [0.717, 1.165) is 21.9 Å². The van der Waals surface area contributed by atoms with Crippen LogP contribution in [-0.4, -0.2) is 10.9 Å². The van der Waals surface area contributed by atoms with Gasteiger partial charge < -0.3 is 16.8 Å². The molecular formula is C20H16N8. The van der Waals surface area contributed by atoms with Gasteiger partial charge in [0.05, 0.1) is 5.69 Å². The summed E-state index contributed by atoms with van der Waals surface area (Å²) in [5.74, 6) is 0.639. The quantitative estimate of drug-likeness (QED) is 0.381. The number of pyridine rings is 1. The van der Waals surface area contributed by atoms with E-state index in [1.165, 1.54) is 0 Å².